The molecule has 3 aromatic rings. The Balaban J connectivity index is 1.57. The number of thioether (sulfide) groups is 1. The fourth-order valence-electron chi connectivity index (χ4n) is 2.05. The van der Waals surface area contributed by atoms with Crippen molar-refractivity contribution in [2.24, 2.45) is 0 Å². The van der Waals surface area contributed by atoms with Crippen LogP contribution in [0, 0.1) is 0 Å². The van der Waals surface area contributed by atoms with Crippen molar-refractivity contribution in [1.82, 2.24) is 14.6 Å². The first-order valence-electron chi connectivity index (χ1n) is 7.21. The van der Waals surface area contributed by atoms with Gasteiger partial charge in [0.1, 0.15) is 5.75 Å². The normalized spacial score (nSPS) is 10.7. The van der Waals surface area contributed by atoms with Crippen LogP contribution in [0.15, 0.2) is 53.8 Å². The van der Waals surface area contributed by atoms with E-state index in [1.807, 2.05) is 60.0 Å². The van der Waals surface area contributed by atoms with Gasteiger partial charge in [-0.2, -0.15) is 0 Å². The summed E-state index contributed by atoms with van der Waals surface area (Å²) in [4.78, 5) is 12.0. The number of nitrogens with zero attached hydrogens (tertiary/aromatic N) is 3. The van der Waals surface area contributed by atoms with Crippen LogP contribution in [0.4, 0.5) is 5.69 Å². The third-order valence-electron chi connectivity index (χ3n) is 3.06. The zero-order valence-electron chi connectivity index (χ0n) is 12.6. The maximum Gasteiger partial charge on any atom is 0.234 e. The molecule has 0 bridgehead atoms. The number of carbonyl (C=O) groups is 1. The van der Waals surface area contributed by atoms with Gasteiger partial charge in [0, 0.05) is 11.9 Å². The summed E-state index contributed by atoms with van der Waals surface area (Å²) in [7, 11) is 0. The maximum atomic E-state index is 12.0. The molecule has 0 unspecified atom stereocenters. The summed E-state index contributed by atoms with van der Waals surface area (Å²) in [5.74, 6) is 0.963. The van der Waals surface area contributed by atoms with Gasteiger partial charge in [0.25, 0.3) is 0 Å². The molecule has 0 saturated carbocycles. The van der Waals surface area contributed by atoms with Gasteiger partial charge in [0.15, 0.2) is 10.8 Å². The second-order valence-corrected chi connectivity index (χ2v) is 5.65. The Labute approximate surface area is 137 Å². The summed E-state index contributed by atoms with van der Waals surface area (Å²) >= 11 is 1.35. The summed E-state index contributed by atoms with van der Waals surface area (Å²) in [6.07, 6.45) is 1.88. The fourth-order valence-corrected chi connectivity index (χ4v) is 2.77. The second kappa shape index (κ2) is 7.15. The molecule has 0 spiro atoms. The number of amides is 1. The molecule has 1 N–H and O–H groups in total. The first-order chi connectivity index (χ1) is 11.3. The summed E-state index contributed by atoms with van der Waals surface area (Å²) in [5, 5.41) is 11.7. The van der Waals surface area contributed by atoms with Crippen LogP contribution in [0.1, 0.15) is 6.92 Å². The van der Waals surface area contributed by atoms with Gasteiger partial charge in [-0.3, -0.25) is 9.20 Å². The highest BCUT2D eigenvalue weighted by Gasteiger charge is 2.09. The van der Waals surface area contributed by atoms with Crippen molar-refractivity contribution in [1.29, 1.82) is 0 Å². The number of rotatable bonds is 6. The highest BCUT2D eigenvalue weighted by molar-refractivity contribution is 7.99. The first-order valence-corrected chi connectivity index (χ1v) is 8.20. The van der Waals surface area contributed by atoms with E-state index in [-0.39, 0.29) is 11.7 Å². The number of fused-ring (bicyclic) bond motifs is 1. The van der Waals surface area contributed by atoms with E-state index in [1.165, 1.54) is 11.8 Å². The number of pyridine rings is 1. The van der Waals surface area contributed by atoms with Crippen LogP contribution in [-0.2, 0) is 4.79 Å². The van der Waals surface area contributed by atoms with Crippen molar-refractivity contribution in [3.8, 4) is 5.75 Å². The average molecular weight is 328 g/mol. The molecule has 0 fully saturated rings. The number of ether oxygens (including phenoxy) is 1. The lowest BCUT2D eigenvalue weighted by atomic mass is 10.3. The minimum Gasteiger partial charge on any atom is -0.494 e. The van der Waals surface area contributed by atoms with E-state index in [1.54, 1.807) is 0 Å². The minimum absolute atomic E-state index is 0.0909. The molecule has 0 aliphatic carbocycles. The van der Waals surface area contributed by atoms with Crippen molar-refractivity contribution < 1.29 is 9.53 Å². The molecule has 118 valence electrons. The van der Waals surface area contributed by atoms with Crippen molar-refractivity contribution in [3.05, 3.63) is 48.7 Å². The highest BCUT2D eigenvalue weighted by Crippen LogP contribution is 2.18. The van der Waals surface area contributed by atoms with Crippen molar-refractivity contribution in [2.75, 3.05) is 17.7 Å². The quantitative estimate of drug-likeness (QED) is 0.705. The molecular weight excluding hydrogens is 312 g/mol. The van der Waals surface area contributed by atoms with Gasteiger partial charge in [0.2, 0.25) is 5.91 Å². The molecule has 0 saturated heterocycles. The van der Waals surface area contributed by atoms with Gasteiger partial charge in [0.05, 0.1) is 12.4 Å². The highest BCUT2D eigenvalue weighted by atomic mass is 32.2. The lowest BCUT2D eigenvalue weighted by Gasteiger charge is -2.06. The molecule has 2 heterocycles. The molecule has 0 atom stereocenters. The molecular formula is C16H16N4O2S. The van der Waals surface area contributed by atoms with Crippen molar-refractivity contribution in [3.63, 3.8) is 0 Å². The van der Waals surface area contributed by atoms with Crippen LogP contribution in [0.2, 0.25) is 0 Å². The van der Waals surface area contributed by atoms with E-state index in [0.717, 1.165) is 17.1 Å². The summed E-state index contributed by atoms with van der Waals surface area (Å²) < 4.78 is 7.22. The van der Waals surface area contributed by atoms with Crippen LogP contribution in [0.5, 0.6) is 5.75 Å². The number of anilines is 1. The van der Waals surface area contributed by atoms with Gasteiger partial charge in [-0.25, -0.2) is 0 Å². The van der Waals surface area contributed by atoms with Crippen LogP contribution >= 0.6 is 11.8 Å². The largest absolute Gasteiger partial charge is 0.494 e. The second-order valence-electron chi connectivity index (χ2n) is 4.71. The lowest BCUT2D eigenvalue weighted by Crippen LogP contribution is -2.14. The lowest BCUT2D eigenvalue weighted by molar-refractivity contribution is -0.113. The first kappa shape index (κ1) is 15.4. The summed E-state index contributed by atoms with van der Waals surface area (Å²) in [6.45, 7) is 2.55. The molecule has 3 rings (SSSR count). The number of carbonyl (C=O) groups excluding carboxylic acids is 1. The third-order valence-corrected chi connectivity index (χ3v) is 4.01. The topological polar surface area (TPSA) is 68.5 Å². The minimum atomic E-state index is -0.0909. The molecule has 1 amide bonds. The van der Waals surface area contributed by atoms with Crippen LogP contribution in [-0.4, -0.2) is 32.9 Å². The Hall–Kier alpha value is -2.54. The Kier molecular flexibility index (Phi) is 4.77. The van der Waals surface area contributed by atoms with Crippen molar-refractivity contribution in [2.45, 2.75) is 12.1 Å². The Morgan fingerprint density at radius 3 is 2.83 bits per heavy atom. The number of benzene rings is 1. The summed E-state index contributed by atoms with van der Waals surface area (Å²) in [5.41, 5.74) is 1.51. The molecule has 6 nitrogen and oxygen atoms in total. The maximum absolute atomic E-state index is 12.0. The van der Waals surface area contributed by atoms with Gasteiger partial charge in [-0.1, -0.05) is 17.8 Å². The SMILES string of the molecule is CCOc1ccc(NC(=O)CSc2nnc3ccccn23)cc1. The predicted molar refractivity (Wildman–Crippen MR) is 90.0 cm³/mol. The van der Waals surface area contributed by atoms with E-state index < -0.39 is 0 Å². The molecule has 2 aromatic heterocycles. The predicted octanol–water partition coefficient (Wildman–Crippen LogP) is 2.86. The van der Waals surface area contributed by atoms with Gasteiger partial charge >= 0.3 is 0 Å². The van der Waals surface area contributed by atoms with Crippen LogP contribution < -0.4 is 10.1 Å². The smallest absolute Gasteiger partial charge is 0.234 e. The molecule has 23 heavy (non-hydrogen) atoms. The number of hydrogen-bond donors (Lipinski definition) is 1. The molecule has 1 aromatic carbocycles. The summed E-state index contributed by atoms with van der Waals surface area (Å²) in [6, 6.07) is 13.0. The monoisotopic (exact) mass is 328 g/mol. The third kappa shape index (κ3) is 3.81. The van der Waals surface area contributed by atoms with E-state index in [4.69, 9.17) is 4.74 Å². The number of nitrogens with one attached hydrogen (secondary N) is 1. The van der Waals surface area contributed by atoms with E-state index in [2.05, 4.69) is 15.5 Å². The molecule has 7 heteroatoms. The van der Waals surface area contributed by atoms with Gasteiger partial charge < -0.3 is 10.1 Å². The average Bonchev–Trinajstić information content (AvgIpc) is 2.98. The molecule has 0 aliphatic rings. The van der Waals surface area contributed by atoms with Crippen molar-refractivity contribution >= 4 is 29.0 Å². The Morgan fingerprint density at radius 1 is 1.22 bits per heavy atom. The van der Waals surface area contributed by atoms with Gasteiger partial charge in [-0.05, 0) is 43.3 Å². The number of hydrogen-bond acceptors (Lipinski definition) is 5. The zero-order valence-corrected chi connectivity index (χ0v) is 13.4. The van der Waals surface area contributed by atoms with Crippen LogP contribution in [0.25, 0.3) is 5.65 Å². The van der Waals surface area contributed by atoms with Gasteiger partial charge in [-0.15, -0.1) is 10.2 Å². The zero-order chi connectivity index (χ0) is 16.1. The number of aromatic nitrogens is 3. The Morgan fingerprint density at radius 2 is 2.04 bits per heavy atom. The Bertz CT molecular complexity index is 801. The van der Waals surface area contributed by atoms with E-state index in [9.17, 15) is 4.79 Å². The van der Waals surface area contributed by atoms with Crippen LogP contribution in [0.3, 0.4) is 0 Å². The van der Waals surface area contributed by atoms with E-state index >= 15 is 0 Å². The van der Waals surface area contributed by atoms with E-state index in [0.29, 0.717) is 11.8 Å². The molecule has 0 radical (unpaired) electrons. The standard InChI is InChI=1S/C16H16N4O2S/c1-2-22-13-8-6-12(7-9-13)17-15(21)11-23-16-19-18-14-5-3-4-10-20(14)16/h3-10H,2,11H2,1H3,(H,17,21). The fraction of sp³-hybridized carbons (Fsp3) is 0.188. The molecule has 0 aliphatic heterocycles.